The number of oxazole rings is 1. The molecule has 1 amide bonds. The zero-order valence-electron chi connectivity index (χ0n) is 12.2. The van der Waals surface area contributed by atoms with Crippen molar-refractivity contribution in [3.8, 4) is 0 Å². The molecule has 0 spiro atoms. The summed E-state index contributed by atoms with van der Waals surface area (Å²) >= 11 is 0. The Hall–Kier alpha value is -2.63. The van der Waals surface area contributed by atoms with Gasteiger partial charge in [-0.1, -0.05) is 30.3 Å². The third kappa shape index (κ3) is 2.59. The number of hydrogen-bond donors (Lipinski definition) is 0. The number of carbonyl (C=O) groups excluding carboxylic acids is 2. The molecule has 0 aliphatic carbocycles. The predicted molar refractivity (Wildman–Crippen MR) is 78.4 cm³/mol. The van der Waals surface area contributed by atoms with Crippen LogP contribution in [-0.4, -0.2) is 23.5 Å². The van der Waals surface area contributed by atoms with Gasteiger partial charge in [0.2, 0.25) is 11.7 Å². The summed E-state index contributed by atoms with van der Waals surface area (Å²) < 4.78 is 10.3. The summed E-state index contributed by atoms with van der Waals surface area (Å²) in [6.45, 7) is 1.97. The maximum Gasteiger partial charge on any atom is 0.376 e. The van der Waals surface area contributed by atoms with Crippen LogP contribution in [0.4, 0.5) is 6.01 Å². The minimum absolute atomic E-state index is 0.00311. The van der Waals surface area contributed by atoms with E-state index in [1.807, 2.05) is 30.3 Å². The number of hydrogen-bond acceptors (Lipinski definition) is 5. The van der Waals surface area contributed by atoms with Crippen LogP contribution in [-0.2, 0) is 9.53 Å². The number of carbonyl (C=O) groups is 2. The zero-order chi connectivity index (χ0) is 15.5. The summed E-state index contributed by atoms with van der Waals surface area (Å²) in [4.78, 5) is 29.4. The van der Waals surface area contributed by atoms with Crippen molar-refractivity contribution >= 4 is 17.9 Å². The highest BCUT2D eigenvalue weighted by Crippen LogP contribution is 2.36. The molecule has 0 radical (unpaired) electrons. The number of rotatable bonds is 4. The Balaban J connectivity index is 1.88. The molecule has 6 heteroatoms. The van der Waals surface area contributed by atoms with Gasteiger partial charge in [-0.2, -0.15) is 0 Å². The fourth-order valence-electron chi connectivity index (χ4n) is 2.59. The smallest absolute Gasteiger partial charge is 0.376 e. The van der Waals surface area contributed by atoms with Crippen molar-refractivity contribution in [3.63, 3.8) is 0 Å². The number of ether oxygens (including phenoxy) is 1. The summed E-state index contributed by atoms with van der Waals surface area (Å²) in [5.74, 6) is -0.640. The minimum Gasteiger partial charge on any atom is -0.460 e. The Labute approximate surface area is 127 Å². The molecule has 1 aromatic carbocycles. The van der Waals surface area contributed by atoms with E-state index in [0.717, 1.165) is 5.56 Å². The van der Waals surface area contributed by atoms with Gasteiger partial charge in [-0.3, -0.25) is 9.69 Å². The molecule has 1 saturated heterocycles. The van der Waals surface area contributed by atoms with Gasteiger partial charge < -0.3 is 9.15 Å². The Morgan fingerprint density at radius 2 is 2.18 bits per heavy atom. The molecule has 0 saturated carbocycles. The highest BCUT2D eigenvalue weighted by molar-refractivity contribution is 5.95. The lowest BCUT2D eigenvalue weighted by molar-refractivity contribution is -0.117. The first-order valence-electron chi connectivity index (χ1n) is 7.20. The Kier molecular flexibility index (Phi) is 3.91. The summed E-state index contributed by atoms with van der Waals surface area (Å²) in [7, 11) is 0. The van der Waals surface area contributed by atoms with Crippen molar-refractivity contribution in [2.45, 2.75) is 25.8 Å². The summed E-state index contributed by atoms with van der Waals surface area (Å²) in [6, 6.07) is 9.72. The van der Waals surface area contributed by atoms with Gasteiger partial charge in [-0.25, -0.2) is 9.78 Å². The fourth-order valence-corrected chi connectivity index (χ4v) is 2.59. The quantitative estimate of drug-likeness (QED) is 0.812. The number of nitrogens with zero attached hydrogens (tertiary/aromatic N) is 2. The first-order valence-corrected chi connectivity index (χ1v) is 7.20. The van der Waals surface area contributed by atoms with Crippen molar-refractivity contribution in [1.82, 2.24) is 4.98 Å². The lowest BCUT2D eigenvalue weighted by Crippen LogP contribution is -2.27. The lowest BCUT2D eigenvalue weighted by Gasteiger charge is -2.21. The second-order valence-electron chi connectivity index (χ2n) is 4.96. The van der Waals surface area contributed by atoms with Crippen molar-refractivity contribution < 1.29 is 18.7 Å². The van der Waals surface area contributed by atoms with Crippen molar-refractivity contribution in [3.05, 3.63) is 47.9 Å². The van der Waals surface area contributed by atoms with Gasteiger partial charge in [-0.15, -0.1) is 0 Å². The molecule has 0 N–H and O–H groups in total. The van der Waals surface area contributed by atoms with E-state index >= 15 is 0 Å². The maximum atomic E-state index is 12.2. The molecule has 3 rings (SSSR count). The van der Waals surface area contributed by atoms with E-state index in [2.05, 4.69) is 4.98 Å². The van der Waals surface area contributed by atoms with Gasteiger partial charge in [0.25, 0.3) is 0 Å². The average molecular weight is 300 g/mol. The molecular weight excluding hydrogens is 284 g/mol. The number of amides is 1. The third-order valence-corrected chi connectivity index (χ3v) is 3.57. The molecule has 1 aliphatic heterocycles. The third-order valence-electron chi connectivity index (χ3n) is 3.57. The van der Waals surface area contributed by atoms with Crippen LogP contribution in [0.1, 0.15) is 41.9 Å². The molecule has 6 nitrogen and oxygen atoms in total. The van der Waals surface area contributed by atoms with Crippen LogP contribution in [0.25, 0.3) is 0 Å². The van der Waals surface area contributed by atoms with Gasteiger partial charge in [0.15, 0.2) is 0 Å². The van der Waals surface area contributed by atoms with E-state index in [9.17, 15) is 9.59 Å². The molecule has 0 bridgehead atoms. The topological polar surface area (TPSA) is 72.6 Å². The van der Waals surface area contributed by atoms with E-state index in [1.165, 1.54) is 11.1 Å². The molecule has 0 unspecified atom stereocenters. The molecule has 1 atom stereocenters. The molecule has 1 aromatic heterocycles. The average Bonchev–Trinajstić information content (AvgIpc) is 3.15. The number of esters is 1. The van der Waals surface area contributed by atoms with Crippen LogP contribution in [0, 0.1) is 0 Å². The van der Waals surface area contributed by atoms with Crippen LogP contribution in [0.3, 0.4) is 0 Å². The van der Waals surface area contributed by atoms with Crippen LogP contribution >= 0.6 is 0 Å². The van der Waals surface area contributed by atoms with E-state index in [-0.39, 0.29) is 30.3 Å². The zero-order valence-corrected chi connectivity index (χ0v) is 12.2. The van der Waals surface area contributed by atoms with Crippen molar-refractivity contribution in [2.24, 2.45) is 0 Å². The van der Waals surface area contributed by atoms with Crippen LogP contribution in [0.5, 0.6) is 0 Å². The predicted octanol–water partition coefficient (Wildman–Crippen LogP) is 2.72. The van der Waals surface area contributed by atoms with Gasteiger partial charge in [-0.05, 0) is 18.9 Å². The second kappa shape index (κ2) is 6.01. The standard InChI is InChI=1S/C16H16N2O4/c1-2-21-15(20)13-10-17-16(22-13)18-12(8-9-14(18)19)11-6-4-3-5-7-11/h3-7,10,12H,2,8-9H2,1H3/t12-/m0/s1. The number of benzene rings is 1. The van der Waals surface area contributed by atoms with Crippen molar-refractivity contribution in [1.29, 1.82) is 0 Å². The van der Waals surface area contributed by atoms with E-state index < -0.39 is 5.97 Å². The second-order valence-corrected chi connectivity index (χ2v) is 4.96. The van der Waals surface area contributed by atoms with Crippen molar-refractivity contribution in [2.75, 3.05) is 11.5 Å². The Morgan fingerprint density at radius 3 is 2.91 bits per heavy atom. The van der Waals surface area contributed by atoms with Gasteiger partial charge in [0.1, 0.15) is 0 Å². The van der Waals surface area contributed by atoms with Gasteiger partial charge in [0.05, 0.1) is 18.8 Å². The van der Waals surface area contributed by atoms with Crippen LogP contribution < -0.4 is 4.90 Å². The fraction of sp³-hybridized carbons (Fsp3) is 0.312. The molecular formula is C16H16N2O4. The molecule has 114 valence electrons. The summed E-state index contributed by atoms with van der Waals surface area (Å²) in [6.07, 6.45) is 2.41. The highest BCUT2D eigenvalue weighted by atomic mass is 16.5. The molecule has 1 fully saturated rings. The summed E-state index contributed by atoms with van der Waals surface area (Å²) in [5.41, 5.74) is 1.02. The van der Waals surface area contributed by atoms with E-state index in [4.69, 9.17) is 9.15 Å². The first-order chi connectivity index (χ1) is 10.7. The van der Waals surface area contributed by atoms with E-state index in [0.29, 0.717) is 12.8 Å². The SMILES string of the molecule is CCOC(=O)c1cnc(N2C(=O)CC[C@H]2c2ccccc2)o1. The highest BCUT2D eigenvalue weighted by Gasteiger charge is 2.36. The monoisotopic (exact) mass is 300 g/mol. The number of anilines is 1. The van der Waals surface area contributed by atoms with Gasteiger partial charge >= 0.3 is 12.0 Å². The van der Waals surface area contributed by atoms with Crippen LogP contribution in [0.15, 0.2) is 40.9 Å². The first kappa shape index (κ1) is 14.3. The molecule has 2 heterocycles. The largest absolute Gasteiger partial charge is 0.460 e. The molecule has 22 heavy (non-hydrogen) atoms. The lowest BCUT2D eigenvalue weighted by atomic mass is 10.1. The number of aromatic nitrogens is 1. The summed E-state index contributed by atoms with van der Waals surface area (Å²) in [5, 5.41) is 0. The van der Waals surface area contributed by atoms with Crippen LogP contribution in [0.2, 0.25) is 0 Å². The van der Waals surface area contributed by atoms with Gasteiger partial charge in [0, 0.05) is 6.42 Å². The molecule has 1 aliphatic rings. The van der Waals surface area contributed by atoms with E-state index in [1.54, 1.807) is 6.92 Å². The molecule has 2 aromatic rings. The normalized spacial score (nSPS) is 17.8. The maximum absolute atomic E-state index is 12.2. The Morgan fingerprint density at radius 1 is 1.41 bits per heavy atom. The minimum atomic E-state index is -0.579. The Bertz CT molecular complexity index is 680.